The van der Waals surface area contributed by atoms with Crippen molar-refractivity contribution in [3.05, 3.63) is 70.7 Å². The Hall–Kier alpha value is -3.29. The van der Waals surface area contributed by atoms with Crippen molar-refractivity contribution < 1.29 is 4.79 Å². The summed E-state index contributed by atoms with van der Waals surface area (Å²) in [5, 5.41) is 12.8. The molecule has 1 amide bonds. The van der Waals surface area contributed by atoms with Crippen molar-refractivity contribution in [2.24, 2.45) is 0 Å². The first-order valence-corrected chi connectivity index (χ1v) is 6.95. The summed E-state index contributed by atoms with van der Waals surface area (Å²) in [4.78, 5) is 26.9. The summed E-state index contributed by atoms with van der Waals surface area (Å²) in [7, 11) is 0. The second-order valence-electron chi connectivity index (χ2n) is 4.93. The van der Waals surface area contributed by atoms with Gasteiger partial charge in [0.1, 0.15) is 18.3 Å². The Morgan fingerprint density at radius 2 is 2.00 bits per heavy atom. The number of benzene rings is 1. The molecule has 0 aliphatic heterocycles. The van der Waals surface area contributed by atoms with Crippen molar-refractivity contribution in [2.45, 2.75) is 13.0 Å². The Morgan fingerprint density at radius 1 is 1.22 bits per heavy atom. The predicted molar refractivity (Wildman–Crippen MR) is 82.1 cm³/mol. The molecule has 1 aromatic carbocycles. The monoisotopic (exact) mass is 310 g/mol. The Morgan fingerprint density at radius 3 is 2.61 bits per heavy atom. The van der Waals surface area contributed by atoms with Gasteiger partial charge in [-0.2, -0.15) is 10.2 Å². The highest BCUT2D eigenvalue weighted by Gasteiger charge is 2.13. The Bertz CT molecular complexity index is 834. The lowest BCUT2D eigenvalue weighted by atomic mass is 10.1. The van der Waals surface area contributed by atoms with Crippen LogP contribution in [0.1, 0.15) is 29.0 Å². The van der Waals surface area contributed by atoms with Gasteiger partial charge in [0.2, 0.25) is 0 Å². The van der Waals surface area contributed by atoms with E-state index in [1.165, 1.54) is 18.5 Å². The van der Waals surface area contributed by atoms with Gasteiger partial charge in [-0.3, -0.25) is 9.59 Å². The molecule has 0 radical (unpaired) electrons. The number of amides is 1. The third-order valence-corrected chi connectivity index (χ3v) is 3.34. The van der Waals surface area contributed by atoms with Gasteiger partial charge < -0.3 is 5.32 Å². The first-order chi connectivity index (χ1) is 11.1. The van der Waals surface area contributed by atoms with Crippen LogP contribution in [0.2, 0.25) is 0 Å². The third-order valence-electron chi connectivity index (χ3n) is 3.34. The van der Waals surface area contributed by atoms with E-state index in [9.17, 15) is 9.59 Å². The van der Waals surface area contributed by atoms with E-state index >= 15 is 0 Å². The zero-order valence-corrected chi connectivity index (χ0v) is 12.3. The average molecular weight is 310 g/mol. The third kappa shape index (κ3) is 3.31. The van der Waals surface area contributed by atoms with Gasteiger partial charge >= 0.3 is 0 Å². The van der Waals surface area contributed by atoms with E-state index in [1.54, 1.807) is 11.0 Å². The van der Waals surface area contributed by atoms with Crippen LogP contribution in [0.4, 0.5) is 0 Å². The topological polar surface area (TPSA) is 106 Å². The number of carbonyl (C=O) groups is 1. The van der Waals surface area contributed by atoms with Gasteiger partial charge in [0.15, 0.2) is 0 Å². The second kappa shape index (κ2) is 6.22. The normalized spacial score (nSPS) is 11.9. The largest absolute Gasteiger partial charge is 0.344 e. The van der Waals surface area contributed by atoms with Crippen molar-refractivity contribution in [3.63, 3.8) is 0 Å². The highest BCUT2D eigenvalue weighted by atomic mass is 16.2. The molecular formula is C15H14N6O2. The molecule has 1 atom stereocenters. The predicted octanol–water partition coefficient (Wildman–Crippen LogP) is 0.842. The van der Waals surface area contributed by atoms with E-state index in [0.717, 1.165) is 11.3 Å². The first-order valence-electron chi connectivity index (χ1n) is 6.95. The maximum absolute atomic E-state index is 12.1. The highest BCUT2D eigenvalue weighted by Crippen LogP contribution is 2.15. The van der Waals surface area contributed by atoms with E-state index in [0.29, 0.717) is 0 Å². The molecule has 3 rings (SSSR count). The van der Waals surface area contributed by atoms with Crippen molar-refractivity contribution in [1.82, 2.24) is 30.3 Å². The lowest BCUT2D eigenvalue weighted by molar-refractivity contribution is 0.0933. The van der Waals surface area contributed by atoms with Crippen LogP contribution in [0, 0.1) is 0 Å². The molecule has 23 heavy (non-hydrogen) atoms. The van der Waals surface area contributed by atoms with E-state index < -0.39 is 0 Å². The Kier molecular flexibility index (Phi) is 3.96. The number of carbonyl (C=O) groups excluding carboxylic acids is 1. The minimum Gasteiger partial charge on any atom is -0.344 e. The number of aromatic nitrogens is 5. The van der Waals surface area contributed by atoms with Crippen LogP contribution in [0.5, 0.6) is 0 Å². The average Bonchev–Trinajstić information content (AvgIpc) is 3.10. The van der Waals surface area contributed by atoms with E-state index in [1.807, 2.05) is 31.2 Å². The summed E-state index contributed by atoms with van der Waals surface area (Å²) >= 11 is 0. The second-order valence-corrected chi connectivity index (χ2v) is 4.93. The molecular weight excluding hydrogens is 296 g/mol. The summed E-state index contributed by atoms with van der Waals surface area (Å²) in [5.74, 6) is -0.353. The molecule has 0 aliphatic rings. The maximum atomic E-state index is 12.1. The van der Waals surface area contributed by atoms with Gasteiger partial charge in [0.25, 0.3) is 11.5 Å². The minimum absolute atomic E-state index is 0.163. The van der Waals surface area contributed by atoms with Crippen molar-refractivity contribution in [1.29, 1.82) is 0 Å². The van der Waals surface area contributed by atoms with Crippen LogP contribution in [0.3, 0.4) is 0 Å². The quantitative estimate of drug-likeness (QED) is 0.743. The lowest BCUT2D eigenvalue weighted by Crippen LogP contribution is -2.28. The van der Waals surface area contributed by atoms with Gasteiger partial charge in [-0.15, -0.1) is 0 Å². The van der Waals surface area contributed by atoms with Crippen LogP contribution >= 0.6 is 0 Å². The van der Waals surface area contributed by atoms with E-state index in [2.05, 4.69) is 25.6 Å². The number of aromatic amines is 1. The number of H-pyrrole nitrogens is 1. The molecule has 2 N–H and O–H groups in total. The Balaban J connectivity index is 1.70. The number of nitrogens with one attached hydrogen (secondary N) is 2. The summed E-state index contributed by atoms with van der Waals surface area (Å²) in [6.45, 7) is 1.87. The van der Waals surface area contributed by atoms with Crippen LogP contribution < -0.4 is 10.9 Å². The zero-order chi connectivity index (χ0) is 16.2. The van der Waals surface area contributed by atoms with Crippen LogP contribution in [-0.2, 0) is 0 Å². The lowest BCUT2D eigenvalue weighted by Gasteiger charge is -2.14. The SMILES string of the molecule is CC(NC(=O)c1ccc(=O)[nH]n1)c1ccc(-n2cncn2)cc1. The molecule has 0 saturated heterocycles. The van der Waals surface area contributed by atoms with Crippen LogP contribution in [0.15, 0.2) is 53.8 Å². The fourth-order valence-corrected chi connectivity index (χ4v) is 2.08. The smallest absolute Gasteiger partial charge is 0.272 e. The van der Waals surface area contributed by atoms with Gasteiger partial charge in [0, 0.05) is 6.07 Å². The fraction of sp³-hybridized carbons (Fsp3) is 0.133. The number of rotatable bonds is 4. The summed E-state index contributed by atoms with van der Waals surface area (Å²) < 4.78 is 1.65. The molecule has 0 aliphatic carbocycles. The molecule has 0 bridgehead atoms. The molecule has 2 heterocycles. The first kappa shape index (κ1) is 14.6. The number of hydrogen-bond acceptors (Lipinski definition) is 5. The summed E-state index contributed by atoms with van der Waals surface area (Å²) in [5.41, 5.74) is 1.63. The minimum atomic E-state index is -0.353. The fourth-order valence-electron chi connectivity index (χ4n) is 2.08. The van der Waals surface area contributed by atoms with Crippen LogP contribution in [-0.4, -0.2) is 30.9 Å². The van der Waals surface area contributed by atoms with Crippen molar-refractivity contribution in [2.75, 3.05) is 0 Å². The summed E-state index contributed by atoms with van der Waals surface area (Å²) in [6.07, 6.45) is 3.08. The van der Waals surface area contributed by atoms with Crippen molar-refractivity contribution in [3.8, 4) is 5.69 Å². The summed E-state index contributed by atoms with van der Waals surface area (Å²) in [6, 6.07) is 10.0. The van der Waals surface area contributed by atoms with Gasteiger partial charge in [-0.1, -0.05) is 12.1 Å². The molecule has 8 nitrogen and oxygen atoms in total. The molecule has 8 heteroatoms. The molecule has 3 aromatic rings. The van der Waals surface area contributed by atoms with Gasteiger partial charge in [-0.25, -0.2) is 14.8 Å². The molecule has 0 spiro atoms. The van der Waals surface area contributed by atoms with Crippen molar-refractivity contribution >= 4 is 5.91 Å². The van der Waals surface area contributed by atoms with Gasteiger partial charge in [0.05, 0.1) is 11.7 Å². The molecule has 0 saturated carbocycles. The van der Waals surface area contributed by atoms with E-state index in [-0.39, 0.29) is 23.2 Å². The molecule has 116 valence electrons. The standard InChI is InChI=1S/C15H14N6O2/c1-10(18-15(23)13-6-7-14(22)20-19-13)11-2-4-12(5-3-11)21-9-16-8-17-21/h2-10H,1H3,(H,18,23)(H,20,22). The number of nitrogens with zero attached hydrogens (tertiary/aromatic N) is 4. The molecule has 1 unspecified atom stereocenters. The van der Waals surface area contributed by atoms with Gasteiger partial charge in [-0.05, 0) is 30.7 Å². The Labute approximate surface area is 131 Å². The number of hydrogen-bond donors (Lipinski definition) is 2. The zero-order valence-electron chi connectivity index (χ0n) is 12.3. The van der Waals surface area contributed by atoms with E-state index in [4.69, 9.17) is 0 Å². The maximum Gasteiger partial charge on any atom is 0.272 e. The molecule has 0 fully saturated rings. The van der Waals surface area contributed by atoms with Crippen LogP contribution in [0.25, 0.3) is 5.69 Å². The highest BCUT2D eigenvalue weighted by molar-refractivity contribution is 5.92. The molecule has 2 aromatic heterocycles.